The molecule has 0 aliphatic heterocycles. The molecule has 0 N–H and O–H groups in total. The summed E-state index contributed by atoms with van der Waals surface area (Å²) in [5, 5.41) is 0. The first-order valence-electron chi connectivity index (χ1n) is 5.46. The summed E-state index contributed by atoms with van der Waals surface area (Å²) in [6.07, 6.45) is -0.625. The standard InChI is InChI=1S/C15H11F3/c16-15(17,18)14-10-8-13(9-11-14)7-6-12-4-2-1-3-5-12/h1-11H/b7-6-. The van der Waals surface area contributed by atoms with Crippen molar-refractivity contribution in [2.45, 2.75) is 6.18 Å². The third kappa shape index (κ3) is 3.23. The van der Waals surface area contributed by atoms with Crippen molar-refractivity contribution in [1.82, 2.24) is 0 Å². The van der Waals surface area contributed by atoms with Crippen LogP contribution in [0.1, 0.15) is 16.7 Å². The number of rotatable bonds is 2. The summed E-state index contributed by atoms with van der Waals surface area (Å²) in [6, 6.07) is 14.7. The van der Waals surface area contributed by atoms with Gasteiger partial charge in [-0.3, -0.25) is 0 Å². The van der Waals surface area contributed by atoms with Gasteiger partial charge in [0.25, 0.3) is 0 Å². The lowest BCUT2D eigenvalue weighted by molar-refractivity contribution is -0.137. The monoisotopic (exact) mass is 248 g/mol. The first-order valence-corrected chi connectivity index (χ1v) is 5.46. The van der Waals surface area contributed by atoms with E-state index in [0.717, 1.165) is 23.3 Å². The molecule has 3 heteroatoms. The van der Waals surface area contributed by atoms with E-state index in [1.807, 2.05) is 36.4 Å². The average molecular weight is 248 g/mol. The summed E-state index contributed by atoms with van der Waals surface area (Å²) < 4.78 is 37.1. The van der Waals surface area contributed by atoms with Crippen LogP contribution in [0.4, 0.5) is 13.2 Å². The fourth-order valence-corrected chi connectivity index (χ4v) is 1.54. The van der Waals surface area contributed by atoms with E-state index in [-0.39, 0.29) is 0 Å². The van der Waals surface area contributed by atoms with Gasteiger partial charge >= 0.3 is 6.18 Å². The predicted molar refractivity (Wildman–Crippen MR) is 66.8 cm³/mol. The molecule has 0 radical (unpaired) electrons. The maximum absolute atomic E-state index is 12.4. The molecule has 2 rings (SSSR count). The topological polar surface area (TPSA) is 0 Å². The van der Waals surface area contributed by atoms with Crippen molar-refractivity contribution in [3.63, 3.8) is 0 Å². The molecule has 0 saturated carbocycles. The lowest BCUT2D eigenvalue weighted by atomic mass is 10.1. The second kappa shape index (κ2) is 5.08. The Hall–Kier alpha value is -2.03. The quantitative estimate of drug-likeness (QED) is 0.665. The summed E-state index contributed by atoms with van der Waals surface area (Å²) in [5.74, 6) is 0. The molecule has 2 aromatic rings. The van der Waals surface area contributed by atoms with Gasteiger partial charge in [0.15, 0.2) is 0 Å². The van der Waals surface area contributed by atoms with E-state index >= 15 is 0 Å². The predicted octanol–water partition coefficient (Wildman–Crippen LogP) is 4.88. The SMILES string of the molecule is FC(F)(F)c1ccc(/C=C\c2ccccc2)cc1. The molecule has 2 aromatic carbocycles. The van der Waals surface area contributed by atoms with Crippen molar-refractivity contribution >= 4 is 12.2 Å². The van der Waals surface area contributed by atoms with Crippen molar-refractivity contribution < 1.29 is 13.2 Å². The fourth-order valence-electron chi connectivity index (χ4n) is 1.54. The van der Waals surface area contributed by atoms with Gasteiger partial charge in [0.2, 0.25) is 0 Å². The molecule has 0 heterocycles. The number of halogens is 3. The van der Waals surface area contributed by atoms with Crippen LogP contribution in [0.25, 0.3) is 12.2 Å². The van der Waals surface area contributed by atoms with Crippen LogP contribution in [0.3, 0.4) is 0 Å². The van der Waals surface area contributed by atoms with Crippen molar-refractivity contribution in [1.29, 1.82) is 0 Å². The van der Waals surface area contributed by atoms with Gasteiger partial charge in [-0.05, 0) is 23.3 Å². The number of alkyl halides is 3. The second-order valence-electron chi connectivity index (χ2n) is 3.86. The van der Waals surface area contributed by atoms with Crippen LogP contribution in [-0.4, -0.2) is 0 Å². The smallest absolute Gasteiger partial charge is 0.166 e. The zero-order chi connectivity index (χ0) is 13.0. The molecule has 0 fully saturated rings. The molecular weight excluding hydrogens is 237 g/mol. The van der Waals surface area contributed by atoms with Crippen molar-refractivity contribution in [3.8, 4) is 0 Å². The van der Waals surface area contributed by atoms with Crippen molar-refractivity contribution in [3.05, 3.63) is 71.3 Å². The zero-order valence-corrected chi connectivity index (χ0v) is 9.48. The molecule has 0 amide bonds. The summed E-state index contributed by atoms with van der Waals surface area (Å²) in [6.45, 7) is 0. The van der Waals surface area contributed by atoms with Gasteiger partial charge in [0.05, 0.1) is 5.56 Å². The molecule has 0 nitrogen and oxygen atoms in total. The summed E-state index contributed by atoms with van der Waals surface area (Å²) in [5.41, 5.74) is 1.13. The largest absolute Gasteiger partial charge is 0.416 e. The molecule has 0 atom stereocenters. The van der Waals surface area contributed by atoms with Gasteiger partial charge in [-0.25, -0.2) is 0 Å². The van der Waals surface area contributed by atoms with Crippen LogP contribution in [0.15, 0.2) is 54.6 Å². The van der Waals surface area contributed by atoms with E-state index in [0.29, 0.717) is 0 Å². The minimum atomic E-state index is -4.28. The second-order valence-corrected chi connectivity index (χ2v) is 3.86. The van der Waals surface area contributed by atoms with Gasteiger partial charge < -0.3 is 0 Å². The fraction of sp³-hybridized carbons (Fsp3) is 0.0667. The summed E-state index contributed by atoms with van der Waals surface area (Å²) >= 11 is 0. The van der Waals surface area contributed by atoms with E-state index < -0.39 is 11.7 Å². The third-order valence-electron chi connectivity index (χ3n) is 2.51. The van der Waals surface area contributed by atoms with Crippen LogP contribution in [0.5, 0.6) is 0 Å². The first kappa shape index (κ1) is 12.4. The van der Waals surface area contributed by atoms with E-state index in [9.17, 15) is 13.2 Å². The Morgan fingerprint density at radius 3 is 1.67 bits per heavy atom. The zero-order valence-electron chi connectivity index (χ0n) is 9.48. The van der Waals surface area contributed by atoms with Gasteiger partial charge in [0, 0.05) is 0 Å². The highest BCUT2D eigenvalue weighted by Crippen LogP contribution is 2.29. The van der Waals surface area contributed by atoms with E-state index in [4.69, 9.17) is 0 Å². The third-order valence-corrected chi connectivity index (χ3v) is 2.51. The van der Waals surface area contributed by atoms with Gasteiger partial charge in [-0.1, -0.05) is 54.6 Å². The number of hydrogen-bond donors (Lipinski definition) is 0. The highest BCUT2D eigenvalue weighted by molar-refractivity contribution is 5.69. The molecule has 0 aliphatic carbocycles. The average Bonchev–Trinajstić information content (AvgIpc) is 2.37. The Balaban J connectivity index is 2.14. The molecule has 0 unspecified atom stereocenters. The number of hydrogen-bond acceptors (Lipinski definition) is 0. The molecule has 0 aromatic heterocycles. The van der Waals surface area contributed by atoms with Gasteiger partial charge in [-0.2, -0.15) is 13.2 Å². The van der Waals surface area contributed by atoms with Crippen LogP contribution >= 0.6 is 0 Å². The Morgan fingerprint density at radius 1 is 0.667 bits per heavy atom. The lowest BCUT2D eigenvalue weighted by Gasteiger charge is -2.05. The molecule has 0 saturated heterocycles. The van der Waals surface area contributed by atoms with E-state index in [2.05, 4.69) is 0 Å². The highest BCUT2D eigenvalue weighted by atomic mass is 19.4. The molecule has 18 heavy (non-hydrogen) atoms. The molecular formula is C15H11F3. The van der Waals surface area contributed by atoms with Crippen LogP contribution in [0, 0.1) is 0 Å². The minimum Gasteiger partial charge on any atom is -0.166 e. The number of benzene rings is 2. The molecule has 0 aliphatic rings. The van der Waals surface area contributed by atoms with Crippen LogP contribution in [0.2, 0.25) is 0 Å². The highest BCUT2D eigenvalue weighted by Gasteiger charge is 2.29. The first-order chi connectivity index (χ1) is 8.55. The molecule has 92 valence electrons. The summed E-state index contributed by atoms with van der Waals surface area (Å²) in [7, 11) is 0. The normalized spacial score (nSPS) is 11.9. The molecule has 0 bridgehead atoms. The van der Waals surface area contributed by atoms with Gasteiger partial charge in [0.1, 0.15) is 0 Å². The van der Waals surface area contributed by atoms with E-state index in [1.54, 1.807) is 6.08 Å². The Labute approximate surface area is 103 Å². The van der Waals surface area contributed by atoms with Crippen LogP contribution < -0.4 is 0 Å². The maximum atomic E-state index is 12.4. The lowest BCUT2D eigenvalue weighted by Crippen LogP contribution is -2.03. The van der Waals surface area contributed by atoms with Crippen LogP contribution in [-0.2, 0) is 6.18 Å². The van der Waals surface area contributed by atoms with E-state index in [1.165, 1.54) is 12.1 Å². The Kier molecular flexibility index (Phi) is 3.51. The minimum absolute atomic E-state index is 0.626. The maximum Gasteiger partial charge on any atom is 0.416 e. The van der Waals surface area contributed by atoms with Gasteiger partial charge in [-0.15, -0.1) is 0 Å². The Bertz CT molecular complexity index is 522. The summed E-state index contributed by atoms with van der Waals surface area (Å²) in [4.78, 5) is 0. The molecule has 0 spiro atoms. The van der Waals surface area contributed by atoms with Crippen molar-refractivity contribution in [2.24, 2.45) is 0 Å². The Morgan fingerprint density at radius 2 is 1.17 bits per heavy atom. The van der Waals surface area contributed by atoms with Crippen molar-refractivity contribution in [2.75, 3.05) is 0 Å².